The molecule has 19 heavy (non-hydrogen) atoms. The van der Waals surface area contributed by atoms with E-state index in [-0.39, 0.29) is 5.91 Å². The minimum atomic E-state index is -0.182. The number of hydrogen-bond donors (Lipinski definition) is 2. The zero-order chi connectivity index (χ0) is 14.1. The number of anilines is 1. The number of nitrogens with two attached hydrogens (primary N) is 1. The fourth-order valence-corrected chi connectivity index (χ4v) is 1.59. The van der Waals surface area contributed by atoms with E-state index in [1.807, 2.05) is 6.92 Å². The number of hydrogen-bond acceptors (Lipinski definition) is 4. The van der Waals surface area contributed by atoms with E-state index in [1.165, 1.54) is 6.20 Å². The van der Waals surface area contributed by atoms with Crippen molar-refractivity contribution in [3.8, 4) is 0 Å². The lowest BCUT2D eigenvalue weighted by molar-refractivity contribution is 0.0941. The van der Waals surface area contributed by atoms with E-state index < -0.39 is 0 Å². The van der Waals surface area contributed by atoms with Crippen molar-refractivity contribution in [3.63, 3.8) is 0 Å². The summed E-state index contributed by atoms with van der Waals surface area (Å²) in [6.45, 7) is 6.01. The Kier molecular flexibility index (Phi) is 6.89. The summed E-state index contributed by atoms with van der Waals surface area (Å²) in [5, 5.41) is 2.81. The Labute approximate surface area is 114 Å². The molecule has 1 aromatic rings. The molecule has 1 aromatic heterocycles. The number of nitrogens with one attached hydrogen (secondary N) is 1. The van der Waals surface area contributed by atoms with Gasteiger partial charge in [0.05, 0.1) is 5.56 Å². The quantitative estimate of drug-likeness (QED) is 0.704. The normalized spacial score (nSPS) is 10.4. The van der Waals surface area contributed by atoms with Crippen molar-refractivity contribution < 1.29 is 9.53 Å². The highest BCUT2D eigenvalue weighted by molar-refractivity contribution is 5.98. The molecule has 0 aliphatic carbocycles. The second-order valence-corrected chi connectivity index (χ2v) is 4.49. The average Bonchev–Trinajstić information content (AvgIpc) is 2.37. The highest BCUT2D eigenvalue weighted by Gasteiger charge is 2.09. The van der Waals surface area contributed by atoms with Crippen LogP contribution in [0.5, 0.6) is 0 Å². The molecular formula is C14H23N3O2. The molecule has 0 aliphatic rings. The molecule has 0 bridgehead atoms. The first-order chi connectivity index (χ1) is 9.15. The van der Waals surface area contributed by atoms with Crippen molar-refractivity contribution in [1.29, 1.82) is 0 Å². The predicted molar refractivity (Wildman–Crippen MR) is 76.1 cm³/mol. The monoisotopic (exact) mass is 265 g/mol. The zero-order valence-corrected chi connectivity index (χ0v) is 11.7. The van der Waals surface area contributed by atoms with Crippen molar-refractivity contribution in [3.05, 3.63) is 23.5 Å². The molecule has 0 aromatic carbocycles. The highest BCUT2D eigenvalue weighted by Crippen LogP contribution is 2.10. The van der Waals surface area contributed by atoms with Crippen molar-refractivity contribution in [2.45, 2.75) is 33.1 Å². The van der Waals surface area contributed by atoms with Gasteiger partial charge in [0.2, 0.25) is 0 Å². The summed E-state index contributed by atoms with van der Waals surface area (Å²) in [6.07, 6.45) is 4.53. The van der Waals surface area contributed by atoms with E-state index in [9.17, 15) is 4.79 Å². The molecule has 0 spiro atoms. The molecule has 0 radical (unpaired) electrons. The molecule has 0 fully saturated rings. The molecule has 0 unspecified atom stereocenters. The minimum absolute atomic E-state index is 0.182. The second kappa shape index (κ2) is 8.48. The Morgan fingerprint density at radius 2 is 2.16 bits per heavy atom. The predicted octanol–water partition coefficient (Wildman–Crippen LogP) is 1.91. The number of carbonyl (C=O) groups excluding carboxylic acids is 1. The summed E-state index contributed by atoms with van der Waals surface area (Å²) >= 11 is 0. The fraction of sp³-hybridized carbons (Fsp3) is 0.571. The maximum atomic E-state index is 11.8. The molecule has 5 heteroatoms. The number of carbonyl (C=O) groups is 1. The van der Waals surface area contributed by atoms with Crippen LogP contribution in [0.3, 0.4) is 0 Å². The third-order valence-electron chi connectivity index (χ3n) is 2.71. The maximum Gasteiger partial charge on any atom is 0.254 e. The van der Waals surface area contributed by atoms with Gasteiger partial charge in [-0.25, -0.2) is 0 Å². The van der Waals surface area contributed by atoms with Crippen LogP contribution in [0.1, 0.15) is 42.2 Å². The summed E-state index contributed by atoms with van der Waals surface area (Å²) in [4.78, 5) is 15.9. The number of nitrogen functional groups attached to an aromatic ring is 1. The number of aromatic nitrogens is 1. The first-order valence-electron chi connectivity index (χ1n) is 6.73. The molecule has 1 heterocycles. The average molecular weight is 265 g/mol. The van der Waals surface area contributed by atoms with Gasteiger partial charge in [-0.2, -0.15) is 0 Å². The largest absolute Gasteiger partial charge is 0.398 e. The smallest absolute Gasteiger partial charge is 0.254 e. The summed E-state index contributed by atoms with van der Waals surface area (Å²) in [7, 11) is 0. The van der Waals surface area contributed by atoms with Gasteiger partial charge in [-0.3, -0.25) is 9.78 Å². The second-order valence-electron chi connectivity index (χ2n) is 4.49. The number of nitrogens with zero attached hydrogens (tertiary/aromatic N) is 1. The Hall–Kier alpha value is -1.62. The summed E-state index contributed by atoms with van der Waals surface area (Å²) in [6, 6.07) is 1.70. The SMILES string of the molecule is CCCCOCCCNC(=O)c1cnc(C)cc1N. The molecule has 106 valence electrons. The molecule has 0 saturated heterocycles. The fourth-order valence-electron chi connectivity index (χ4n) is 1.59. The zero-order valence-electron chi connectivity index (χ0n) is 11.7. The molecular weight excluding hydrogens is 242 g/mol. The number of amides is 1. The molecule has 1 amide bonds. The van der Waals surface area contributed by atoms with Gasteiger partial charge in [0.1, 0.15) is 0 Å². The van der Waals surface area contributed by atoms with Gasteiger partial charge in [-0.1, -0.05) is 13.3 Å². The van der Waals surface area contributed by atoms with Crippen LogP contribution in [0.15, 0.2) is 12.3 Å². The van der Waals surface area contributed by atoms with Crippen LogP contribution in [0, 0.1) is 6.92 Å². The lowest BCUT2D eigenvalue weighted by Crippen LogP contribution is -2.26. The molecule has 1 rings (SSSR count). The van der Waals surface area contributed by atoms with Crippen LogP contribution >= 0.6 is 0 Å². The van der Waals surface area contributed by atoms with Gasteiger partial charge in [-0.05, 0) is 25.8 Å². The molecule has 5 nitrogen and oxygen atoms in total. The van der Waals surface area contributed by atoms with Gasteiger partial charge in [0.25, 0.3) is 5.91 Å². The van der Waals surface area contributed by atoms with Crippen LogP contribution in [-0.2, 0) is 4.74 Å². The van der Waals surface area contributed by atoms with Crippen LogP contribution < -0.4 is 11.1 Å². The molecule has 0 atom stereocenters. The van der Waals surface area contributed by atoms with Crippen molar-refractivity contribution >= 4 is 11.6 Å². The van der Waals surface area contributed by atoms with E-state index in [2.05, 4.69) is 17.2 Å². The van der Waals surface area contributed by atoms with E-state index in [0.29, 0.717) is 24.4 Å². The van der Waals surface area contributed by atoms with Gasteiger partial charge < -0.3 is 15.8 Å². The highest BCUT2D eigenvalue weighted by atomic mass is 16.5. The van der Waals surface area contributed by atoms with Crippen LogP contribution in [0.25, 0.3) is 0 Å². The van der Waals surface area contributed by atoms with Crippen LogP contribution in [0.4, 0.5) is 5.69 Å². The Balaban J connectivity index is 2.24. The van der Waals surface area contributed by atoms with Gasteiger partial charge in [-0.15, -0.1) is 0 Å². The van der Waals surface area contributed by atoms with Gasteiger partial charge in [0, 0.05) is 37.3 Å². The number of pyridine rings is 1. The molecule has 0 saturated carbocycles. The maximum absolute atomic E-state index is 11.8. The van der Waals surface area contributed by atoms with Crippen LogP contribution in [0.2, 0.25) is 0 Å². The van der Waals surface area contributed by atoms with E-state index >= 15 is 0 Å². The Morgan fingerprint density at radius 3 is 2.84 bits per heavy atom. The summed E-state index contributed by atoms with van der Waals surface area (Å²) in [5.74, 6) is -0.182. The standard InChI is InChI=1S/C14H23N3O2/c1-3-4-7-19-8-5-6-16-14(18)12-10-17-11(2)9-13(12)15/h9-10H,3-8H2,1-2H3,(H2,15,17)(H,16,18). The Morgan fingerprint density at radius 1 is 1.42 bits per heavy atom. The summed E-state index contributed by atoms with van der Waals surface area (Å²) < 4.78 is 5.41. The van der Waals surface area contributed by atoms with E-state index in [0.717, 1.165) is 31.6 Å². The Bertz CT molecular complexity index is 408. The minimum Gasteiger partial charge on any atom is -0.398 e. The van der Waals surface area contributed by atoms with E-state index in [4.69, 9.17) is 10.5 Å². The van der Waals surface area contributed by atoms with Crippen molar-refractivity contribution in [2.24, 2.45) is 0 Å². The third kappa shape index (κ3) is 5.70. The van der Waals surface area contributed by atoms with Crippen LogP contribution in [-0.4, -0.2) is 30.6 Å². The topological polar surface area (TPSA) is 77.2 Å². The van der Waals surface area contributed by atoms with E-state index in [1.54, 1.807) is 6.07 Å². The first kappa shape index (κ1) is 15.4. The number of unbranched alkanes of at least 4 members (excludes halogenated alkanes) is 1. The lowest BCUT2D eigenvalue weighted by Gasteiger charge is -2.08. The van der Waals surface area contributed by atoms with Crippen molar-refractivity contribution in [1.82, 2.24) is 10.3 Å². The third-order valence-corrected chi connectivity index (χ3v) is 2.71. The molecule has 0 aliphatic heterocycles. The van der Waals surface area contributed by atoms with Gasteiger partial charge in [0.15, 0.2) is 0 Å². The molecule has 3 N–H and O–H groups in total. The summed E-state index contributed by atoms with van der Waals surface area (Å²) in [5.41, 5.74) is 7.48. The lowest BCUT2D eigenvalue weighted by atomic mass is 10.2. The van der Waals surface area contributed by atoms with Gasteiger partial charge >= 0.3 is 0 Å². The number of aryl methyl sites for hydroxylation is 1. The number of rotatable bonds is 8. The number of ether oxygens (including phenoxy) is 1. The first-order valence-corrected chi connectivity index (χ1v) is 6.73. The van der Waals surface area contributed by atoms with Crippen molar-refractivity contribution in [2.75, 3.05) is 25.5 Å².